The molecule has 18 heavy (non-hydrogen) atoms. The molecule has 0 amide bonds. The van der Waals surface area contributed by atoms with Crippen LogP contribution in [0.25, 0.3) is 0 Å². The number of halogens is 3. The highest BCUT2D eigenvalue weighted by Gasteiger charge is 2.65. The number of benzene rings is 1. The van der Waals surface area contributed by atoms with Crippen LogP contribution in [-0.2, 0) is 12.1 Å². The van der Waals surface area contributed by atoms with Gasteiger partial charge in [-0.2, -0.15) is 13.2 Å². The van der Waals surface area contributed by atoms with E-state index in [0.717, 1.165) is 12.0 Å². The average Bonchev–Trinajstić information content (AvgIpc) is 2.95. The smallest absolute Gasteiger partial charge is 0.223 e. The molecule has 1 saturated heterocycles. The maximum atomic E-state index is 12.8. The topological polar surface area (TPSA) is 43.9 Å². The molecule has 0 saturated carbocycles. The average molecular weight is 258 g/mol. The molecule has 0 atom stereocenters. The monoisotopic (exact) mass is 258 g/mol. The molecule has 0 aromatic heterocycles. The number of hydrogen-bond acceptors (Lipinski definition) is 2. The van der Waals surface area contributed by atoms with Crippen LogP contribution < -0.4 is 10.9 Å². The number of rotatable bonds is 2. The standard InChI is InChI=1S/C13H17F3N2/c1-11(2,3)8-9-4-6-10(7-5-9)12(17-18-12)13(14,15)16/h4-7,17-18H,8H2,1-3H3. The Labute approximate surface area is 105 Å². The highest BCUT2D eigenvalue weighted by atomic mass is 19.4. The van der Waals surface area contributed by atoms with Crippen LogP contribution in [0.5, 0.6) is 0 Å². The van der Waals surface area contributed by atoms with Gasteiger partial charge in [-0.25, -0.2) is 10.9 Å². The zero-order valence-electron chi connectivity index (χ0n) is 10.7. The number of alkyl halides is 3. The van der Waals surface area contributed by atoms with Gasteiger partial charge in [0.15, 0.2) is 0 Å². The summed E-state index contributed by atoms with van der Waals surface area (Å²) in [7, 11) is 0. The number of nitrogens with one attached hydrogen (secondary N) is 2. The summed E-state index contributed by atoms with van der Waals surface area (Å²) < 4.78 is 38.5. The Hall–Kier alpha value is -1.07. The van der Waals surface area contributed by atoms with Crippen molar-refractivity contribution in [1.29, 1.82) is 0 Å². The lowest BCUT2D eigenvalue weighted by molar-refractivity contribution is -0.165. The molecule has 5 heteroatoms. The van der Waals surface area contributed by atoms with Gasteiger partial charge in [0, 0.05) is 0 Å². The second-order valence-corrected chi connectivity index (χ2v) is 5.93. The molecule has 0 bridgehead atoms. The van der Waals surface area contributed by atoms with Gasteiger partial charge in [-0.05, 0) is 23.0 Å². The van der Waals surface area contributed by atoms with Crippen molar-refractivity contribution in [2.24, 2.45) is 5.41 Å². The fraction of sp³-hybridized carbons (Fsp3) is 0.538. The third-order valence-corrected chi connectivity index (χ3v) is 2.92. The minimum Gasteiger partial charge on any atom is -0.223 e. The van der Waals surface area contributed by atoms with Crippen molar-refractivity contribution < 1.29 is 13.2 Å². The summed E-state index contributed by atoms with van der Waals surface area (Å²) in [6.07, 6.45) is -3.49. The molecule has 2 rings (SSSR count). The molecular weight excluding hydrogens is 241 g/mol. The molecule has 2 nitrogen and oxygen atoms in total. The van der Waals surface area contributed by atoms with Crippen LogP contribution in [0.4, 0.5) is 13.2 Å². The number of hydrazine groups is 1. The van der Waals surface area contributed by atoms with Gasteiger partial charge in [-0.3, -0.25) is 0 Å². The van der Waals surface area contributed by atoms with Gasteiger partial charge in [0.2, 0.25) is 5.66 Å². The molecule has 1 aromatic carbocycles. The van der Waals surface area contributed by atoms with Crippen molar-refractivity contribution in [2.45, 2.75) is 39.0 Å². The molecular formula is C13H17F3N2. The van der Waals surface area contributed by atoms with E-state index in [9.17, 15) is 13.2 Å². The molecule has 1 aromatic rings. The lowest BCUT2D eigenvalue weighted by atomic mass is 9.87. The van der Waals surface area contributed by atoms with Crippen LogP contribution in [0.15, 0.2) is 24.3 Å². The summed E-state index contributed by atoms with van der Waals surface area (Å²) in [5.41, 5.74) is 3.72. The van der Waals surface area contributed by atoms with E-state index in [2.05, 4.69) is 31.6 Å². The van der Waals surface area contributed by atoms with E-state index >= 15 is 0 Å². The minimum atomic E-state index is -4.33. The van der Waals surface area contributed by atoms with Crippen molar-refractivity contribution in [3.05, 3.63) is 35.4 Å². The van der Waals surface area contributed by atoms with Gasteiger partial charge in [-0.15, -0.1) is 0 Å². The summed E-state index contributed by atoms with van der Waals surface area (Å²) in [4.78, 5) is 0. The molecule has 0 spiro atoms. The molecule has 1 heterocycles. The summed E-state index contributed by atoms with van der Waals surface area (Å²) >= 11 is 0. The lowest BCUT2D eigenvalue weighted by Crippen LogP contribution is -2.34. The van der Waals surface area contributed by atoms with E-state index < -0.39 is 11.8 Å². The second kappa shape index (κ2) is 3.96. The first-order valence-corrected chi connectivity index (χ1v) is 5.85. The second-order valence-electron chi connectivity index (χ2n) is 5.93. The van der Waals surface area contributed by atoms with Gasteiger partial charge >= 0.3 is 6.18 Å². The first-order chi connectivity index (χ1) is 8.14. The van der Waals surface area contributed by atoms with E-state index in [0.29, 0.717) is 0 Å². The molecule has 1 fully saturated rings. The van der Waals surface area contributed by atoms with Crippen LogP contribution in [0.2, 0.25) is 0 Å². The first kappa shape index (κ1) is 13.4. The van der Waals surface area contributed by atoms with Gasteiger partial charge < -0.3 is 0 Å². The predicted octanol–water partition coefficient (Wildman–Crippen LogP) is 3.10. The Kier molecular flexibility index (Phi) is 2.94. The Morgan fingerprint density at radius 3 is 1.83 bits per heavy atom. The van der Waals surface area contributed by atoms with E-state index in [1.165, 1.54) is 12.1 Å². The summed E-state index contributed by atoms with van der Waals surface area (Å²) in [5.74, 6) is 0. The van der Waals surface area contributed by atoms with E-state index in [1.807, 2.05) is 0 Å². The van der Waals surface area contributed by atoms with E-state index in [-0.39, 0.29) is 11.0 Å². The zero-order chi connectivity index (χ0) is 13.6. The normalized spacial score (nSPS) is 18.8. The Balaban J connectivity index is 2.19. The van der Waals surface area contributed by atoms with Crippen LogP contribution in [0.1, 0.15) is 31.9 Å². The van der Waals surface area contributed by atoms with Crippen LogP contribution >= 0.6 is 0 Å². The fourth-order valence-electron chi connectivity index (χ4n) is 2.00. The first-order valence-electron chi connectivity index (χ1n) is 5.85. The molecule has 0 aliphatic carbocycles. The molecule has 1 aliphatic rings. The molecule has 0 radical (unpaired) electrons. The maximum Gasteiger partial charge on any atom is 0.426 e. The molecule has 0 unspecified atom stereocenters. The molecule has 2 N–H and O–H groups in total. The summed E-state index contributed by atoms with van der Waals surface area (Å²) in [5, 5.41) is 0. The van der Waals surface area contributed by atoms with Crippen molar-refractivity contribution in [3.63, 3.8) is 0 Å². The van der Waals surface area contributed by atoms with Crippen molar-refractivity contribution in [2.75, 3.05) is 0 Å². The third-order valence-electron chi connectivity index (χ3n) is 2.92. The molecule has 1 aliphatic heterocycles. The third kappa shape index (κ3) is 2.52. The van der Waals surface area contributed by atoms with Crippen molar-refractivity contribution in [1.82, 2.24) is 10.9 Å². The highest BCUT2D eigenvalue weighted by Crippen LogP contribution is 2.42. The minimum absolute atomic E-state index is 0.124. The van der Waals surface area contributed by atoms with E-state index in [1.54, 1.807) is 12.1 Å². The maximum absolute atomic E-state index is 12.8. The zero-order valence-corrected chi connectivity index (χ0v) is 10.7. The quantitative estimate of drug-likeness (QED) is 0.800. The Bertz CT molecular complexity index is 425. The van der Waals surface area contributed by atoms with Gasteiger partial charge in [0.25, 0.3) is 0 Å². The van der Waals surface area contributed by atoms with Gasteiger partial charge in [0.1, 0.15) is 0 Å². The summed E-state index contributed by atoms with van der Waals surface area (Å²) in [6, 6.07) is 6.58. The predicted molar refractivity (Wildman–Crippen MR) is 63.6 cm³/mol. The van der Waals surface area contributed by atoms with Crippen LogP contribution in [-0.4, -0.2) is 6.18 Å². The van der Waals surface area contributed by atoms with E-state index in [4.69, 9.17) is 0 Å². The van der Waals surface area contributed by atoms with Crippen LogP contribution in [0, 0.1) is 5.41 Å². The largest absolute Gasteiger partial charge is 0.426 e. The van der Waals surface area contributed by atoms with Crippen molar-refractivity contribution >= 4 is 0 Å². The number of hydrogen-bond donors (Lipinski definition) is 2. The van der Waals surface area contributed by atoms with Crippen molar-refractivity contribution in [3.8, 4) is 0 Å². The van der Waals surface area contributed by atoms with Crippen LogP contribution in [0.3, 0.4) is 0 Å². The summed E-state index contributed by atoms with van der Waals surface area (Å²) in [6.45, 7) is 6.30. The van der Waals surface area contributed by atoms with Gasteiger partial charge in [-0.1, -0.05) is 45.0 Å². The Morgan fingerprint density at radius 2 is 1.50 bits per heavy atom. The Morgan fingerprint density at radius 1 is 1.00 bits per heavy atom. The highest BCUT2D eigenvalue weighted by molar-refractivity contribution is 5.33. The van der Waals surface area contributed by atoms with Gasteiger partial charge in [0.05, 0.1) is 0 Å². The lowest BCUT2D eigenvalue weighted by Gasteiger charge is -2.19. The SMILES string of the molecule is CC(C)(C)Cc1ccc(C2(C(F)(F)F)NN2)cc1. The fourth-order valence-corrected chi connectivity index (χ4v) is 2.00. The molecule has 100 valence electrons.